The number of aromatic nitrogens is 3. The second-order valence-electron chi connectivity index (χ2n) is 7.29. The van der Waals surface area contributed by atoms with Gasteiger partial charge in [0.1, 0.15) is 17.3 Å². The van der Waals surface area contributed by atoms with Crippen molar-refractivity contribution in [1.29, 1.82) is 0 Å². The quantitative estimate of drug-likeness (QED) is 0.432. The van der Waals surface area contributed by atoms with Crippen molar-refractivity contribution in [3.8, 4) is 22.8 Å². The first-order valence-corrected chi connectivity index (χ1v) is 10.2. The molecule has 0 bridgehead atoms. The van der Waals surface area contributed by atoms with Crippen molar-refractivity contribution in [2.24, 2.45) is 7.05 Å². The predicted octanol–water partition coefficient (Wildman–Crippen LogP) is 5.31. The monoisotopic (exact) mass is 450 g/mol. The first kappa shape index (κ1) is 21.5. The van der Waals surface area contributed by atoms with Gasteiger partial charge in [-0.05, 0) is 48.4 Å². The molecule has 0 aliphatic heterocycles. The second kappa shape index (κ2) is 9.20. The number of carbonyl (C=O) groups is 1. The van der Waals surface area contributed by atoms with E-state index >= 15 is 0 Å². The Labute approximate surface area is 189 Å². The van der Waals surface area contributed by atoms with Crippen molar-refractivity contribution >= 4 is 17.5 Å². The van der Waals surface area contributed by atoms with Crippen LogP contribution in [0.2, 0.25) is 5.02 Å². The number of rotatable bonds is 6. The Kier molecular flexibility index (Phi) is 6.18. The van der Waals surface area contributed by atoms with Crippen molar-refractivity contribution in [1.82, 2.24) is 20.1 Å². The molecular weight excluding hydrogens is 431 g/mol. The van der Waals surface area contributed by atoms with E-state index in [9.17, 15) is 9.18 Å². The maximum absolute atomic E-state index is 13.6. The molecule has 2 aromatic carbocycles. The van der Waals surface area contributed by atoms with Gasteiger partial charge in [0.2, 0.25) is 0 Å². The van der Waals surface area contributed by atoms with E-state index in [1.165, 1.54) is 12.1 Å². The van der Waals surface area contributed by atoms with Crippen LogP contribution < -0.4 is 10.1 Å². The van der Waals surface area contributed by atoms with Gasteiger partial charge < -0.3 is 10.1 Å². The normalized spacial score (nSPS) is 10.8. The van der Waals surface area contributed by atoms with Crippen molar-refractivity contribution in [3.63, 3.8) is 0 Å². The Morgan fingerprint density at radius 2 is 1.97 bits per heavy atom. The Hall–Kier alpha value is -3.71. The molecule has 8 heteroatoms. The van der Waals surface area contributed by atoms with Gasteiger partial charge in [0.25, 0.3) is 5.91 Å². The van der Waals surface area contributed by atoms with Crippen molar-refractivity contribution in [2.75, 3.05) is 0 Å². The van der Waals surface area contributed by atoms with Gasteiger partial charge in [0, 0.05) is 43.2 Å². The minimum atomic E-state index is -0.520. The molecule has 0 aliphatic carbocycles. The Morgan fingerprint density at radius 3 is 2.72 bits per heavy atom. The zero-order chi connectivity index (χ0) is 22.7. The number of benzene rings is 2. The molecule has 6 nitrogen and oxygen atoms in total. The Morgan fingerprint density at radius 1 is 1.16 bits per heavy atom. The molecule has 1 amide bonds. The summed E-state index contributed by atoms with van der Waals surface area (Å²) in [6.45, 7) is 2.02. The third-order valence-electron chi connectivity index (χ3n) is 4.86. The van der Waals surface area contributed by atoms with E-state index in [2.05, 4.69) is 15.4 Å². The van der Waals surface area contributed by atoms with Crippen molar-refractivity contribution in [2.45, 2.75) is 13.5 Å². The number of hydrogen-bond acceptors (Lipinski definition) is 4. The van der Waals surface area contributed by atoms with Crippen LogP contribution >= 0.6 is 11.6 Å². The molecule has 0 spiro atoms. The summed E-state index contributed by atoms with van der Waals surface area (Å²) in [7, 11) is 1.84. The van der Waals surface area contributed by atoms with E-state index < -0.39 is 5.82 Å². The lowest BCUT2D eigenvalue weighted by Crippen LogP contribution is -2.23. The van der Waals surface area contributed by atoms with Crippen LogP contribution in [0.3, 0.4) is 0 Å². The number of nitrogens with one attached hydrogen (secondary N) is 1. The van der Waals surface area contributed by atoms with E-state index in [4.69, 9.17) is 16.3 Å². The lowest BCUT2D eigenvalue weighted by molar-refractivity contribution is 0.0950. The first-order chi connectivity index (χ1) is 15.4. The van der Waals surface area contributed by atoms with Gasteiger partial charge >= 0.3 is 0 Å². The number of hydrogen-bond donors (Lipinski definition) is 1. The Bertz CT molecular complexity index is 1290. The molecular formula is C24H20ClFN4O2. The van der Waals surface area contributed by atoms with Crippen LogP contribution in [-0.2, 0) is 13.6 Å². The molecule has 2 heterocycles. The summed E-state index contributed by atoms with van der Waals surface area (Å²) in [5, 5.41) is 7.01. The number of amides is 1. The van der Waals surface area contributed by atoms with Crippen LogP contribution in [0.4, 0.5) is 4.39 Å². The smallest absolute Gasteiger partial charge is 0.251 e. The lowest BCUT2D eigenvalue weighted by atomic mass is 10.1. The van der Waals surface area contributed by atoms with Gasteiger partial charge in [0.05, 0.1) is 16.9 Å². The fourth-order valence-corrected chi connectivity index (χ4v) is 3.28. The highest BCUT2D eigenvalue weighted by atomic mass is 35.5. The summed E-state index contributed by atoms with van der Waals surface area (Å²) in [4.78, 5) is 17.1. The molecule has 162 valence electrons. The molecule has 0 radical (unpaired) electrons. The molecule has 4 aromatic rings. The zero-order valence-corrected chi connectivity index (χ0v) is 18.2. The van der Waals surface area contributed by atoms with Crippen LogP contribution in [-0.4, -0.2) is 20.7 Å². The zero-order valence-electron chi connectivity index (χ0n) is 17.5. The standard InChI is InChI=1S/C24H20ClFN4O2/c1-15-3-5-18(32-19-7-8-27-23(11-19)17-13-29-30(2)14-17)10-20(15)24(31)28-12-16-4-6-21(25)22(26)9-16/h3-11,13-14H,12H2,1-2H3,(H,28,31). The van der Waals surface area contributed by atoms with Crippen LogP contribution in [0.25, 0.3) is 11.3 Å². The third-order valence-corrected chi connectivity index (χ3v) is 5.17. The number of carbonyl (C=O) groups excluding carboxylic acids is 1. The third kappa shape index (κ3) is 4.95. The SMILES string of the molecule is Cc1ccc(Oc2ccnc(-c3cnn(C)c3)c2)cc1C(=O)NCc1ccc(Cl)c(F)c1. The van der Waals surface area contributed by atoms with Gasteiger partial charge in [-0.25, -0.2) is 4.39 Å². The van der Waals surface area contributed by atoms with Crippen LogP contribution in [0.15, 0.2) is 67.1 Å². The summed E-state index contributed by atoms with van der Waals surface area (Å²) in [6.07, 6.45) is 5.25. The maximum Gasteiger partial charge on any atom is 0.251 e. The molecule has 4 rings (SSSR count). The molecule has 0 atom stereocenters. The van der Waals surface area contributed by atoms with E-state index in [0.29, 0.717) is 22.6 Å². The van der Waals surface area contributed by atoms with Gasteiger partial charge in [-0.2, -0.15) is 5.10 Å². The molecule has 1 N–H and O–H groups in total. The van der Waals surface area contributed by atoms with Crippen LogP contribution in [0, 0.1) is 12.7 Å². The number of halogens is 2. The van der Waals surface area contributed by atoms with Crippen molar-refractivity contribution < 1.29 is 13.9 Å². The minimum absolute atomic E-state index is 0.0450. The van der Waals surface area contributed by atoms with Gasteiger partial charge in [0.15, 0.2) is 0 Å². The second-order valence-corrected chi connectivity index (χ2v) is 7.70. The van der Waals surface area contributed by atoms with Crippen LogP contribution in [0.1, 0.15) is 21.5 Å². The predicted molar refractivity (Wildman–Crippen MR) is 120 cm³/mol. The van der Waals surface area contributed by atoms with E-state index in [1.807, 2.05) is 32.3 Å². The van der Waals surface area contributed by atoms with Crippen LogP contribution in [0.5, 0.6) is 11.5 Å². The van der Waals surface area contributed by atoms with Crippen molar-refractivity contribution in [3.05, 3.63) is 94.7 Å². The number of aryl methyl sites for hydroxylation is 2. The molecule has 32 heavy (non-hydrogen) atoms. The topological polar surface area (TPSA) is 69.0 Å². The largest absolute Gasteiger partial charge is 0.457 e. The highest BCUT2D eigenvalue weighted by molar-refractivity contribution is 6.30. The summed E-state index contributed by atoms with van der Waals surface area (Å²) < 4.78 is 21.3. The van der Waals surface area contributed by atoms with Gasteiger partial charge in [-0.15, -0.1) is 0 Å². The summed E-state index contributed by atoms with van der Waals surface area (Å²) in [5.74, 6) is 0.300. The Balaban J connectivity index is 1.48. The summed E-state index contributed by atoms with van der Waals surface area (Å²) >= 11 is 5.71. The fraction of sp³-hybridized carbons (Fsp3) is 0.125. The maximum atomic E-state index is 13.6. The number of nitrogens with zero attached hydrogens (tertiary/aromatic N) is 3. The molecule has 0 unspecified atom stereocenters. The van der Waals surface area contributed by atoms with E-state index in [-0.39, 0.29) is 17.5 Å². The highest BCUT2D eigenvalue weighted by Crippen LogP contribution is 2.27. The van der Waals surface area contributed by atoms with E-state index in [1.54, 1.807) is 41.3 Å². The summed E-state index contributed by atoms with van der Waals surface area (Å²) in [5.41, 5.74) is 3.49. The number of ether oxygens (including phenoxy) is 1. The van der Waals surface area contributed by atoms with Gasteiger partial charge in [-0.1, -0.05) is 23.7 Å². The average molecular weight is 451 g/mol. The molecule has 0 aliphatic rings. The van der Waals surface area contributed by atoms with E-state index in [0.717, 1.165) is 16.8 Å². The molecule has 0 saturated carbocycles. The molecule has 2 aromatic heterocycles. The lowest BCUT2D eigenvalue weighted by Gasteiger charge is -2.11. The first-order valence-electron chi connectivity index (χ1n) is 9.85. The average Bonchev–Trinajstić information content (AvgIpc) is 3.22. The molecule has 0 saturated heterocycles. The minimum Gasteiger partial charge on any atom is -0.457 e. The molecule has 0 fully saturated rings. The number of pyridine rings is 1. The summed E-state index contributed by atoms with van der Waals surface area (Å²) in [6, 6.07) is 13.3. The van der Waals surface area contributed by atoms with Gasteiger partial charge in [-0.3, -0.25) is 14.5 Å². The highest BCUT2D eigenvalue weighted by Gasteiger charge is 2.12. The fourth-order valence-electron chi connectivity index (χ4n) is 3.16.